The van der Waals surface area contributed by atoms with Crippen molar-refractivity contribution in [2.75, 3.05) is 7.05 Å². The molecule has 0 radical (unpaired) electrons. The van der Waals surface area contributed by atoms with Crippen LogP contribution in [0.2, 0.25) is 0 Å². The predicted molar refractivity (Wildman–Crippen MR) is 74.1 cm³/mol. The highest BCUT2D eigenvalue weighted by Gasteiger charge is 2.18. The highest BCUT2D eigenvalue weighted by molar-refractivity contribution is 5.20. The topological polar surface area (TPSA) is 12.0 Å². The van der Waals surface area contributed by atoms with E-state index in [1.165, 1.54) is 38.2 Å². The fourth-order valence-electron chi connectivity index (χ4n) is 3.06. The van der Waals surface area contributed by atoms with Crippen LogP contribution in [0, 0.1) is 17.6 Å². The molecular formula is C16H23F2N. The van der Waals surface area contributed by atoms with Gasteiger partial charge in [-0.15, -0.1) is 0 Å². The maximum Gasteiger partial charge on any atom is 0.162 e. The molecule has 0 saturated heterocycles. The minimum Gasteiger partial charge on any atom is -0.317 e. The van der Waals surface area contributed by atoms with Crippen molar-refractivity contribution in [3.05, 3.63) is 35.4 Å². The second-order valence-electron chi connectivity index (χ2n) is 5.63. The van der Waals surface area contributed by atoms with Crippen LogP contribution >= 0.6 is 0 Å². The zero-order chi connectivity index (χ0) is 13.7. The van der Waals surface area contributed by atoms with Gasteiger partial charge >= 0.3 is 0 Å². The predicted octanol–water partition coefficient (Wildman–Crippen LogP) is 4.07. The van der Waals surface area contributed by atoms with Gasteiger partial charge in [-0.3, -0.25) is 0 Å². The molecule has 1 fully saturated rings. The molecule has 1 nitrogen and oxygen atoms in total. The Morgan fingerprint density at radius 1 is 1.26 bits per heavy atom. The summed E-state index contributed by atoms with van der Waals surface area (Å²) in [6.07, 6.45) is 8.18. The van der Waals surface area contributed by atoms with Crippen LogP contribution in [0.25, 0.3) is 0 Å². The van der Waals surface area contributed by atoms with Crippen LogP contribution in [0.15, 0.2) is 18.2 Å². The van der Waals surface area contributed by atoms with Crippen molar-refractivity contribution in [1.82, 2.24) is 5.32 Å². The number of hydrogen-bond acceptors (Lipinski definition) is 1. The number of benzene rings is 1. The van der Waals surface area contributed by atoms with Gasteiger partial charge in [0.25, 0.3) is 0 Å². The molecule has 1 aliphatic rings. The Bertz CT molecular complexity index is 400. The largest absolute Gasteiger partial charge is 0.317 e. The first-order chi connectivity index (χ1) is 9.20. The van der Waals surface area contributed by atoms with Gasteiger partial charge in [0, 0.05) is 6.04 Å². The molecule has 1 aromatic carbocycles. The van der Waals surface area contributed by atoms with Crippen molar-refractivity contribution in [3.8, 4) is 0 Å². The first-order valence-corrected chi connectivity index (χ1v) is 7.31. The average molecular weight is 267 g/mol. The summed E-state index contributed by atoms with van der Waals surface area (Å²) in [7, 11) is 1.90. The van der Waals surface area contributed by atoms with Gasteiger partial charge in [-0.25, -0.2) is 8.78 Å². The zero-order valence-electron chi connectivity index (χ0n) is 11.6. The smallest absolute Gasteiger partial charge is 0.162 e. The molecule has 1 atom stereocenters. The molecule has 1 unspecified atom stereocenters. The number of likely N-dealkylation sites (N-methyl/N-ethyl adjacent to an activating group) is 1. The summed E-state index contributed by atoms with van der Waals surface area (Å²) in [6, 6.07) is 4.67. The Morgan fingerprint density at radius 3 is 2.68 bits per heavy atom. The Morgan fingerprint density at radius 2 is 2.00 bits per heavy atom. The summed E-state index contributed by atoms with van der Waals surface area (Å²) in [6.45, 7) is 0. The fourth-order valence-corrected chi connectivity index (χ4v) is 3.06. The van der Waals surface area contributed by atoms with Crippen molar-refractivity contribution in [2.24, 2.45) is 5.92 Å². The van der Waals surface area contributed by atoms with E-state index in [-0.39, 0.29) is 6.04 Å². The van der Waals surface area contributed by atoms with Crippen molar-refractivity contribution in [1.29, 1.82) is 0 Å². The van der Waals surface area contributed by atoms with Gasteiger partial charge in [-0.05, 0) is 43.9 Å². The van der Waals surface area contributed by atoms with Crippen LogP contribution in [-0.4, -0.2) is 13.1 Å². The van der Waals surface area contributed by atoms with Gasteiger partial charge in [0.15, 0.2) is 11.6 Å². The fraction of sp³-hybridized carbons (Fsp3) is 0.625. The Hall–Kier alpha value is -0.960. The molecule has 1 aromatic rings. The SMILES string of the molecule is CNC(CCC1CCCC1)Cc1cccc(F)c1F. The number of hydrogen-bond donors (Lipinski definition) is 1. The molecule has 0 aromatic heterocycles. The van der Waals surface area contributed by atoms with Crippen LogP contribution in [0.1, 0.15) is 44.1 Å². The minimum absolute atomic E-state index is 0.233. The van der Waals surface area contributed by atoms with E-state index < -0.39 is 11.6 Å². The highest BCUT2D eigenvalue weighted by Crippen LogP contribution is 2.29. The van der Waals surface area contributed by atoms with Crippen molar-refractivity contribution < 1.29 is 8.78 Å². The van der Waals surface area contributed by atoms with E-state index in [4.69, 9.17) is 0 Å². The molecule has 0 aliphatic heterocycles. The molecule has 1 aliphatic carbocycles. The van der Waals surface area contributed by atoms with Gasteiger partial charge in [-0.2, -0.15) is 0 Å². The quantitative estimate of drug-likeness (QED) is 0.819. The molecule has 0 spiro atoms. The molecule has 0 heterocycles. The molecule has 19 heavy (non-hydrogen) atoms. The summed E-state index contributed by atoms with van der Waals surface area (Å²) < 4.78 is 26.8. The van der Waals surface area contributed by atoms with E-state index in [1.807, 2.05) is 7.05 Å². The minimum atomic E-state index is -0.747. The summed E-state index contributed by atoms with van der Waals surface area (Å²) in [5.74, 6) is -0.597. The first kappa shape index (κ1) is 14.4. The van der Waals surface area contributed by atoms with Crippen LogP contribution in [0.3, 0.4) is 0 Å². The summed E-state index contributed by atoms with van der Waals surface area (Å²) in [5.41, 5.74) is 0.478. The van der Waals surface area contributed by atoms with Gasteiger partial charge < -0.3 is 5.32 Å². The van der Waals surface area contributed by atoms with E-state index in [9.17, 15) is 8.78 Å². The molecule has 0 bridgehead atoms. The van der Waals surface area contributed by atoms with Gasteiger partial charge in [0.2, 0.25) is 0 Å². The molecule has 1 N–H and O–H groups in total. The standard InChI is InChI=1S/C16H23F2N/c1-19-14(10-9-12-5-2-3-6-12)11-13-7-4-8-15(17)16(13)18/h4,7-8,12,14,19H,2-3,5-6,9-11H2,1H3. The van der Waals surface area contributed by atoms with Gasteiger partial charge in [0.1, 0.15) is 0 Å². The summed E-state index contributed by atoms with van der Waals surface area (Å²) in [5, 5.41) is 3.23. The van der Waals surface area contributed by atoms with Crippen molar-refractivity contribution >= 4 is 0 Å². The van der Waals surface area contributed by atoms with Gasteiger partial charge in [0.05, 0.1) is 0 Å². The van der Waals surface area contributed by atoms with Gasteiger partial charge in [-0.1, -0.05) is 37.8 Å². The lowest BCUT2D eigenvalue weighted by molar-refractivity contribution is 0.412. The number of rotatable bonds is 6. The maximum absolute atomic E-state index is 13.6. The lowest BCUT2D eigenvalue weighted by Crippen LogP contribution is -2.28. The highest BCUT2D eigenvalue weighted by atomic mass is 19.2. The lowest BCUT2D eigenvalue weighted by Gasteiger charge is -2.18. The van der Waals surface area contributed by atoms with E-state index >= 15 is 0 Å². The lowest BCUT2D eigenvalue weighted by atomic mass is 9.95. The van der Waals surface area contributed by atoms with Crippen LogP contribution in [0.4, 0.5) is 8.78 Å². The van der Waals surface area contributed by atoms with Crippen LogP contribution in [-0.2, 0) is 6.42 Å². The third-order valence-corrected chi connectivity index (χ3v) is 4.30. The maximum atomic E-state index is 13.6. The van der Waals surface area contributed by atoms with Crippen LogP contribution in [0.5, 0.6) is 0 Å². The molecule has 2 rings (SSSR count). The van der Waals surface area contributed by atoms with Crippen LogP contribution < -0.4 is 5.32 Å². The monoisotopic (exact) mass is 267 g/mol. The molecule has 3 heteroatoms. The van der Waals surface area contributed by atoms with E-state index in [1.54, 1.807) is 12.1 Å². The third kappa shape index (κ3) is 4.00. The summed E-state index contributed by atoms with van der Waals surface area (Å²) in [4.78, 5) is 0. The van der Waals surface area contributed by atoms with E-state index in [0.29, 0.717) is 12.0 Å². The Balaban J connectivity index is 1.88. The Kier molecular flexibility index (Phi) is 5.32. The number of halogens is 2. The molecular weight excluding hydrogens is 244 g/mol. The van der Waals surface area contributed by atoms with Crippen molar-refractivity contribution in [2.45, 2.75) is 51.0 Å². The second-order valence-corrected chi connectivity index (χ2v) is 5.63. The second kappa shape index (κ2) is 6.99. The van der Waals surface area contributed by atoms with E-state index in [0.717, 1.165) is 12.3 Å². The van der Waals surface area contributed by atoms with Crippen molar-refractivity contribution in [3.63, 3.8) is 0 Å². The normalized spacial score (nSPS) is 17.8. The third-order valence-electron chi connectivity index (χ3n) is 4.30. The number of nitrogens with one attached hydrogen (secondary N) is 1. The Labute approximate surface area is 114 Å². The molecule has 1 saturated carbocycles. The zero-order valence-corrected chi connectivity index (χ0v) is 11.6. The first-order valence-electron chi connectivity index (χ1n) is 7.31. The average Bonchev–Trinajstić information content (AvgIpc) is 2.92. The van der Waals surface area contributed by atoms with E-state index in [2.05, 4.69) is 5.32 Å². The molecule has 0 amide bonds. The summed E-state index contributed by atoms with van der Waals surface area (Å²) >= 11 is 0. The molecule has 106 valence electrons.